The zero-order chi connectivity index (χ0) is 32.2. The van der Waals surface area contributed by atoms with Crippen molar-refractivity contribution >= 4 is 19.8 Å². The van der Waals surface area contributed by atoms with E-state index in [1.54, 1.807) is 0 Å². The van der Waals surface area contributed by atoms with Crippen molar-refractivity contribution in [2.75, 3.05) is 47.5 Å². The maximum atomic E-state index is 12.4. The second kappa shape index (κ2) is 27.3. The molecule has 10 heteroatoms. The van der Waals surface area contributed by atoms with Gasteiger partial charge in [-0.1, -0.05) is 123 Å². The number of hydrogen-bond donors (Lipinski definition) is 0. The summed E-state index contributed by atoms with van der Waals surface area (Å²) in [6.45, 7) is 4.15. The molecule has 2 atom stereocenters. The van der Waals surface area contributed by atoms with Crippen LogP contribution < -0.4 is 4.89 Å². The van der Waals surface area contributed by atoms with Gasteiger partial charge in [0.05, 0.1) is 27.7 Å². The number of rotatable bonds is 31. The van der Waals surface area contributed by atoms with Gasteiger partial charge in [-0.3, -0.25) is 14.2 Å². The van der Waals surface area contributed by atoms with E-state index in [-0.39, 0.29) is 32.0 Å². The van der Waals surface area contributed by atoms with Gasteiger partial charge in [0.25, 0.3) is 7.82 Å². The molecule has 256 valence electrons. The summed E-state index contributed by atoms with van der Waals surface area (Å²) in [5, 5.41) is 0. The van der Waals surface area contributed by atoms with Crippen molar-refractivity contribution in [2.45, 2.75) is 155 Å². The minimum Gasteiger partial charge on any atom is -0.756 e. The lowest BCUT2D eigenvalue weighted by Gasteiger charge is -2.28. The topological polar surface area (TPSA) is 111 Å². The van der Waals surface area contributed by atoms with Crippen LogP contribution in [0.2, 0.25) is 0 Å². The first-order valence-corrected chi connectivity index (χ1v) is 18.7. The Labute approximate surface area is 264 Å². The average Bonchev–Trinajstić information content (AvgIpc) is 2.93. The molecule has 0 aliphatic carbocycles. The Balaban J connectivity index is 4.42. The van der Waals surface area contributed by atoms with Crippen LogP contribution in [0.5, 0.6) is 0 Å². The first kappa shape index (κ1) is 42.0. The maximum Gasteiger partial charge on any atom is 0.306 e. The summed E-state index contributed by atoms with van der Waals surface area (Å²) < 4.78 is 33.5. The number of hydrogen-bond acceptors (Lipinski definition) is 8. The van der Waals surface area contributed by atoms with Gasteiger partial charge < -0.3 is 27.9 Å². The standard InChI is InChI=1S/C33H66NO8P/c1-6-8-10-12-14-15-16-17-18-20-21-23-25-32(35)39-29-31(30-41-43(37,38)40-28-27-34(3,4)5)42-33(36)26-24-22-19-13-11-9-7-2/h31H,6-30H2,1-5H3. The highest BCUT2D eigenvalue weighted by Gasteiger charge is 2.21. The third-order valence-corrected chi connectivity index (χ3v) is 8.34. The van der Waals surface area contributed by atoms with Crippen LogP contribution in [0.4, 0.5) is 0 Å². The van der Waals surface area contributed by atoms with Gasteiger partial charge in [-0.2, -0.15) is 0 Å². The summed E-state index contributed by atoms with van der Waals surface area (Å²) in [5.41, 5.74) is 0. The van der Waals surface area contributed by atoms with E-state index in [0.717, 1.165) is 38.5 Å². The fourth-order valence-corrected chi connectivity index (χ4v) is 5.32. The number of likely N-dealkylation sites (N-methyl/N-ethyl adjacent to an activating group) is 1. The number of quaternary nitrogens is 1. The predicted octanol–water partition coefficient (Wildman–Crippen LogP) is 7.88. The summed E-state index contributed by atoms with van der Waals surface area (Å²) in [6.07, 6.45) is 21.5. The fourth-order valence-electron chi connectivity index (χ4n) is 4.59. The van der Waals surface area contributed by atoms with Gasteiger partial charge in [0.2, 0.25) is 0 Å². The Morgan fingerprint density at radius 2 is 1.05 bits per heavy atom. The molecule has 0 amide bonds. The van der Waals surface area contributed by atoms with Crippen LogP contribution in [-0.2, 0) is 32.7 Å². The lowest BCUT2D eigenvalue weighted by atomic mass is 10.0. The smallest absolute Gasteiger partial charge is 0.306 e. The molecule has 0 heterocycles. The predicted molar refractivity (Wildman–Crippen MR) is 172 cm³/mol. The number of nitrogens with zero attached hydrogens (tertiary/aromatic N) is 1. The minimum absolute atomic E-state index is 0.0268. The largest absolute Gasteiger partial charge is 0.756 e. The van der Waals surface area contributed by atoms with E-state index in [0.29, 0.717) is 17.4 Å². The number of esters is 2. The van der Waals surface area contributed by atoms with E-state index in [1.165, 1.54) is 77.0 Å². The molecule has 0 aliphatic rings. The van der Waals surface area contributed by atoms with Crippen LogP contribution in [-0.4, -0.2) is 70.0 Å². The first-order valence-electron chi connectivity index (χ1n) is 17.2. The molecule has 0 fully saturated rings. The summed E-state index contributed by atoms with van der Waals surface area (Å²) in [4.78, 5) is 37.0. The third-order valence-electron chi connectivity index (χ3n) is 7.38. The van der Waals surface area contributed by atoms with Crippen molar-refractivity contribution in [1.29, 1.82) is 0 Å². The van der Waals surface area contributed by atoms with Crippen LogP contribution in [0.25, 0.3) is 0 Å². The molecule has 0 radical (unpaired) electrons. The summed E-state index contributed by atoms with van der Waals surface area (Å²) in [6, 6.07) is 0. The SMILES string of the molecule is CCCCCCCCCCCCCCC(=O)OCC(COP(=O)([O-])OCC[N+](C)(C)C)OC(=O)CCCCCCCCC. The molecule has 0 rings (SSSR count). The lowest BCUT2D eigenvalue weighted by Crippen LogP contribution is -2.37. The van der Waals surface area contributed by atoms with E-state index in [2.05, 4.69) is 13.8 Å². The fraction of sp³-hybridized carbons (Fsp3) is 0.939. The molecule has 2 unspecified atom stereocenters. The molecule has 0 spiro atoms. The van der Waals surface area contributed by atoms with Gasteiger partial charge in [-0.15, -0.1) is 0 Å². The van der Waals surface area contributed by atoms with Crippen molar-refractivity contribution in [2.24, 2.45) is 0 Å². The Hall–Kier alpha value is -0.990. The number of unbranched alkanes of at least 4 members (excludes halogenated alkanes) is 17. The molecular formula is C33H66NO8P. The highest BCUT2D eigenvalue weighted by Crippen LogP contribution is 2.38. The Morgan fingerprint density at radius 3 is 1.49 bits per heavy atom. The monoisotopic (exact) mass is 635 g/mol. The van der Waals surface area contributed by atoms with Gasteiger partial charge in [0.15, 0.2) is 6.10 Å². The molecule has 0 N–H and O–H groups in total. The molecule has 0 aromatic rings. The molecule has 0 saturated carbocycles. The van der Waals surface area contributed by atoms with E-state index in [4.69, 9.17) is 18.5 Å². The van der Waals surface area contributed by atoms with Crippen LogP contribution in [0.3, 0.4) is 0 Å². The zero-order valence-corrected chi connectivity index (χ0v) is 29.3. The van der Waals surface area contributed by atoms with Gasteiger partial charge >= 0.3 is 11.9 Å². The second-order valence-corrected chi connectivity index (χ2v) is 14.3. The maximum absolute atomic E-state index is 12.4. The van der Waals surface area contributed by atoms with Crippen LogP contribution in [0.1, 0.15) is 149 Å². The molecule has 0 aliphatic heterocycles. The first-order chi connectivity index (χ1) is 20.5. The molecule has 0 aromatic carbocycles. The van der Waals surface area contributed by atoms with Crippen molar-refractivity contribution in [3.8, 4) is 0 Å². The molecule has 0 bridgehead atoms. The van der Waals surface area contributed by atoms with Gasteiger partial charge in [0, 0.05) is 12.8 Å². The average molecular weight is 636 g/mol. The van der Waals surface area contributed by atoms with Crippen molar-refractivity contribution in [1.82, 2.24) is 0 Å². The zero-order valence-electron chi connectivity index (χ0n) is 28.4. The van der Waals surface area contributed by atoms with Gasteiger partial charge in [-0.05, 0) is 12.8 Å². The number of phosphoric ester groups is 1. The van der Waals surface area contributed by atoms with E-state index < -0.39 is 26.5 Å². The number of carbonyl (C=O) groups is 2. The van der Waals surface area contributed by atoms with Crippen LogP contribution in [0.15, 0.2) is 0 Å². The van der Waals surface area contributed by atoms with E-state index in [1.807, 2.05) is 21.1 Å². The number of phosphoric acid groups is 1. The summed E-state index contributed by atoms with van der Waals surface area (Å²) >= 11 is 0. The Bertz CT molecular complexity index is 728. The van der Waals surface area contributed by atoms with Gasteiger partial charge in [-0.25, -0.2) is 0 Å². The summed E-state index contributed by atoms with van der Waals surface area (Å²) in [5.74, 6) is -0.837. The molecule has 43 heavy (non-hydrogen) atoms. The second-order valence-electron chi connectivity index (χ2n) is 12.9. The van der Waals surface area contributed by atoms with Crippen LogP contribution >= 0.6 is 7.82 Å². The lowest BCUT2D eigenvalue weighted by molar-refractivity contribution is -0.870. The van der Waals surface area contributed by atoms with E-state index >= 15 is 0 Å². The quantitative estimate of drug-likeness (QED) is 0.0327. The highest BCUT2D eigenvalue weighted by atomic mass is 31.2. The van der Waals surface area contributed by atoms with Crippen molar-refractivity contribution in [3.05, 3.63) is 0 Å². The molecule has 9 nitrogen and oxygen atoms in total. The number of ether oxygens (including phenoxy) is 2. The normalized spacial score (nSPS) is 13.9. The molecule has 0 aromatic heterocycles. The van der Waals surface area contributed by atoms with Gasteiger partial charge in [0.1, 0.15) is 19.8 Å². The minimum atomic E-state index is -4.60. The summed E-state index contributed by atoms with van der Waals surface area (Å²) in [7, 11) is 1.17. The Kier molecular flexibility index (Phi) is 26.7. The van der Waals surface area contributed by atoms with Crippen molar-refractivity contribution in [3.63, 3.8) is 0 Å². The molecule has 0 saturated heterocycles. The highest BCUT2D eigenvalue weighted by molar-refractivity contribution is 7.45. The number of carbonyl (C=O) groups excluding carboxylic acids is 2. The van der Waals surface area contributed by atoms with Crippen LogP contribution in [0, 0.1) is 0 Å². The Morgan fingerprint density at radius 1 is 0.628 bits per heavy atom. The van der Waals surface area contributed by atoms with Crippen molar-refractivity contribution < 1.29 is 42.1 Å². The third kappa shape index (κ3) is 30.8. The van der Waals surface area contributed by atoms with E-state index in [9.17, 15) is 19.0 Å². The molecular weight excluding hydrogens is 569 g/mol.